The van der Waals surface area contributed by atoms with E-state index < -0.39 is 12.1 Å². The number of thiophene rings is 1. The summed E-state index contributed by atoms with van der Waals surface area (Å²) in [5.41, 5.74) is 5.05. The molecule has 0 amide bonds. The van der Waals surface area contributed by atoms with Crippen LogP contribution in [0.1, 0.15) is 27.6 Å². The molecule has 0 unspecified atom stereocenters. The summed E-state index contributed by atoms with van der Waals surface area (Å²) in [6.07, 6.45) is 0.0482. The molecule has 1 aromatic heterocycles. The zero-order chi connectivity index (χ0) is 22.3. The van der Waals surface area contributed by atoms with E-state index in [4.69, 9.17) is 0 Å². The van der Waals surface area contributed by atoms with Crippen LogP contribution in [0.2, 0.25) is 0 Å². The second kappa shape index (κ2) is 11.8. The molecule has 4 aromatic rings. The molecule has 0 spiro atoms. The lowest BCUT2D eigenvalue weighted by Gasteiger charge is -2.18. The Morgan fingerprint density at radius 3 is 2.24 bits per heavy atom. The van der Waals surface area contributed by atoms with Gasteiger partial charge in [-0.3, -0.25) is 0 Å². The number of aliphatic hydroxyl groups excluding tert-OH is 1. The molecule has 0 radical (unpaired) electrons. The molecule has 0 saturated carbocycles. The molecule has 170 valence electrons. The standard InChI is InChI=1S/C27H25NO3S.ClH/c29-24(20-10-5-2-6-11-20)18-28-16-15-22-21(19-8-3-1-4-9-19)13-14-23(27(30)31)26(22)25-12-7-17-32-25;/h1-14,17,24,28-29H,15-16,18H2,(H,30,31);1H/t24-;/m0./s1. The van der Waals surface area contributed by atoms with Gasteiger partial charge in [-0.15, -0.1) is 23.7 Å². The van der Waals surface area contributed by atoms with Gasteiger partial charge in [0.25, 0.3) is 0 Å². The topological polar surface area (TPSA) is 69.6 Å². The lowest BCUT2D eigenvalue weighted by Crippen LogP contribution is -2.24. The van der Waals surface area contributed by atoms with Gasteiger partial charge < -0.3 is 15.5 Å². The maximum absolute atomic E-state index is 12.0. The summed E-state index contributed by atoms with van der Waals surface area (Å²) in [5, 5.41) is 25.6. The summed E-state index contributed by atoms with van der Waals surface area (Å²) in [6.45, 7) is 1.04. The molecule has 3 N–H and O–H groups in total. The van der Waals surface area contributed by atoms with Crippen molar-refractivity contribution in [1.29, 1.82) is 0 Å². The molecular formula is C27H26ClNO3S. The average molecular weight is 480 g/mol. The van der Waals surface area contributed by atoms with Gasteiger partial charge >= 0.3 is 5.97 Å². The van der Waals surface area contributed by atoms with Crippen LogP contribution in [0.15, 0.2) is 90.3 Å². The largest absolute Gasteiger partial charge is 0.478 e. The summed E-state index contributed by atoms with van der Waals surface area (Å²) in [6, 6.07) is 27.1. The number of hydrogen-bond acceptors (Lipinski definition) is 4. The summed E-state index contributed by atoms with van der Waals surface area (Å²) < 4.78 is 0. The molecule has 0 fully saturated rings. The van der Waals surface area contributed by atoms with Crippen LogP contribution in [-0.4, -0.2) is 29.3 Å². The lowest BCUT2D eigenvalue weighted by atomic mass is 9.89. The van der Waals surface area contributed by atoms with E-state index in [2.05, 4.69) is 5.32 Å². The van der Waals surface area contributed by atoms with Crippen molar-refractivity contribution in [3.05, 3.63) is 107 Å². The Bertz CT molecular complexity index is 1160. The zero-order valence-electron chi connectivity index (χ0n) is 18.0. The SMILES string of the molecule is Cl.O=C(O)c1ccc(-c2ccccc2)c(CCNC[C@H](O)c2ccccc2)c1-c1cccs1. The number of benzene rings is 3. The fourth-order valence-corrected chi connectivity index (χ4v) is 4.73. The maximum atomic E-state index is 12.0. The van der Waals surface area contributed by atoms with Gasteiger partial charge in [0.15, 0.2) is 0 Å². The van der Waals surface area contributed by atoms with Gasteiger partial charge in [0.1, 0.15) is 0 Å². The molecule has 0 bridgehead atoms. The number of nitrogens with one attached hydrogen (secondary N) is 1. The first kappa shape index (κ1) is 24.7. The molecule has 6 heteroatoms. The number of carboxylic acid groups (broad SMARTS) is 1. The summed E-state index contributed by atoms with van der Waals surface area (Å²) in [4.78, 5) is 13.0. The number of aromatic carboxylic acids is 1. The minimum Gasteiger partial charge on any atom is -0.478 e. The highest BCUT2D eigenvalue weighted by atomic mass is 35.5. The molecule has 3 aromatic carbocycles. The van der Waals surface area contributed by atoms with E-state index in [1.807, 2.05) is 84.2 Å². The molecule has 0 aliphatic heterocycles. The molecular weight excluding hydrogens is 454 g/mol. The van der Waals surface area contributed by atoms with Gasteiger partial charge in [-0.05, 0) is 52.7 Å². The van der Waals surface area contributed by atoms with Crippen LogP contribution in [-0.2, 0) is 6.42 Å². The van der Waals surface area contributed by atoms with Gasteiger partial charge in [0.2, 0.25) is 0 Å². The summed E-state index contributed by atoms with van der Waals surface area (Å²) in [5.74, 6) is -0.929. The van der Waals surface area contributed by atoms with Crippen molar-refractivity contribution in [2.24, 2.45) is 0 Å². The van der Waals surface area contributed by atoms with Gasteiger partial charge in [-0.1, -0.05) is 72.8 Å². The molecule has 1 atom stereocenters. The number of halogens is 1. The van der Waals surface area contributed by atoms with Crippen LogP contribution in [0, 0.1) is 0 Å². The predicted octanol–water partition coefficient (Wildman–Crippen LogP) is 6.07. The number of aliphatic hydroxyl groups is 1. The lowest BCUT2D eigenvalue weighted by molar-refractivity contribution is 0.0697. The fraction of sp³-hybridized carbons (Fsp3) is 0.148. The van der Waals surface area contributed by atoms with Crippen LogP contribution < -0.4 is 5.32 Å². The van der Waals surface area contributed by atoms with E-state index in [-0.39, 0.29) is 12.4 Å². The molecule has 1 heterocycles. The van der Waals surface area contributed by atoms with Crippen molar-refractivity contribution < 1.29 is 15.0 Å². The Labute approximate surface area is 204 Å². The van der Waals surface area contributed by atoms with Crippen molar-refractivity contribution in [3.8, 4) is 21.6 Å². The minimum absolute atomic E-state index is 0. The van der Waals surface area contributed by atoms with E-state index in [1.165, 1.54) is 0 Å². The van der Waals surface area contributed by atoms with Crippen LogP contribution in [0.4, 0.5) is 0 Å². The Hall–Kier alpha value is -2.96. The molecule has 0 aliphatic rings. The van der Waals surface area contributed by atoms with Crippen LogP contribution in [0.5, 0.6) is 0 Å². The van der Waals surface area contributed by atoms with Gasteiger partial charge in [-0.25, -0.2) is 4.79 Å². The molecule has 4 nitrogen and oxygen atoms in total. The van der Waals surface area contributed by atoms with E-state index in [0.29, 0.717) is 25.1 Å². The van der Waals surface area contributed by atoms with E-state index in [1.54, 1.807) is 17.4 Å². The normalized spacial score (nSPS) is 11.5. The number of rotatable bonds is 9. The first-order chi connectivity index (χ1) is 15.6. The maximum Gasteiger partial charge on any atom is 0.336 e. The molecule has 0 saturated heterocycles. The van der Waals surface area contributed by atoms with Crippen LogP contribution in [0.3, 0.4) is 0 Å². The van der Waals surface area contributed by atoms with Crippen molar-refractivity contribution in [2.45, 2.75) is 12.5 Å². The van der Waals surface area contributed by atoms with E-state index >= 15 is 0 Å². The van der Waals surface area contributed by atoms with Crippen molar-refractivity contribution in [3.63, 3.8) is 0 Å². The van der Waals surface area contributed by atoms with Gasteiger partial charge in [-0.2, -0.15) is 0 Å². The quantitative estimate of drug-likeness (QED) is 0.255. The smallest absolute Gasteiger partial charge is 0.336 e. The minimum atomic E-state index is -0.929. The van der Waals surface area contributed by atoms with Gasteiger partial charge in [0.05, 0.1) is 11.7 Å². The predicted molar refractivity (Wildman–Crippen MR) is 137 cm³/mol. The number of hydrogen-bond donors (Lipinski definition) is 3. The monoisotopic (exact) mass is 479 g/mol. The number of carbonyl (C=O) groups is 1. The second-order valence-electron chi connectivity index (χ2n) is 7.54. The van der Waals surface area contributed by atoms with Crippen LogP contribution in [0.25, 0.3) is 21.6 Å². The first-order valence-corrected chi connectivity index (χ1v) is 11.5. The third kappa shape index (κ3) is 5.89. The molecule has 0 aliphatic carbocycles. The first-order valence-electron chi connectivity index (χ1n) is 10.6. The van der Waals surface area contributed by atoms with E-state index in [0.717, 1.165) is 32.7 Å². The van der Waals surface area contributed by atoms with Crippen molar-refractivity contribution in [1.82, 2.24) is 5.32 Å². The number of carboxylic acids is 1. The van der Waals surface area contributed by atoms with Crippen LogP contribution >= 0.6 is 23.7 Å². The fourth-order valence-electron chi connectivity index (χ4n) is 3.92. The average Bonchev–Trinajstić information content (AvgIpc) is 3.37. The Morgan fingerprint density at radius 2 is 1.61 bits per heavy atom. The summed E-state index contributed by atoms with van der Waals surface area (Å²) in [7, 11) is 0. The Morgan fingerprint density at radius 1 is 0.909 bits per heavy atom. The second-order valence-corrected chi connectivity index (χ2v) is 8.49. The highest BCUT2D eigenvalue weighted by molar-refractivity contribution is 7.13. The van der Waals surface area contributed by atoms with Crippen molar-refractivity contribution in [2.75, 3.05) is 13.1 Å². The molecule has 4 rings (SSSR count). The highest BCUT2D eigenvalue weighted by Gasteiger charge is 2.20. The Kier molecular flexibility index (Phi) is 8.80. The van der Waals surface area contributed by atoms with E-state index in [9.17, 15) is 15.0 Å². The van der Waals surface area contributed by atoms with Crippen molar-refractivity contribution >= 4 is 29.7 Å². The zero-order valence-corrected chi connectivity index (χ0v) is 19.6. The molecule has 33 heavy (non-hydrogen) atoms. The Balaban J connectivity index is 0.00000306. The third-order valence-corrected chi connectivity index (χ3v) is 6.36. The highest BCUT2D eigenvalue weighted by Crippen LogP contribution is 2.37. The third-order valence-electron chi connectivity index (χ3n) is 5.47. The summed E-state index contributed by atoms with van der Waals surface area (Å²) >= 11 is 1.54. The van der Waals surface area contributed by atoms with Gasteiger partial charge in [0, 0.05) is 17.0 Å².